The minimum absolute atomic E-state index is 0.411. The Hall–Kier alpha value is -1.21. The van der Waals surface area contributed by atoms with E-state index in [0.717, 1.165) is 30.1 Å². The first-order valence-corrected chi connectivity index (χ1v) is 12.4. The average molecular weight is 311 g/mol. The van der Waals surface area contributed by atoms with Crippen LogP contribution in [-0.4, -0.2) is 25.2 Å². The van der Waals surface area contributed by atoms with Crippen LogP contribution in [0.5, 0.6) is 11.5 Å². The molecule has 0 fully saturated rings. The van der Waals surface area contributed by atoms with E-state index in [9.17, 15) is 0 Å². The number of hydrogen-bond acceptors (Lipinski definition) is 3. The molecule has 0 N–H and O–H groups in total. The van der Waals surface area contributed by atoms with Gasteiger partial charge in [0, 0.05) is 6.42 Å². The zero-order valence-electron chi connectivity index (χ0n) is 13.3. The molecule has 0 amide bonds. The first kappa shape index (κ1) is 16.8. The van der Waals surface area contributed by atoms with Crippen LogP contribution in [0.15, 0.2) is 30.5 Å². The molecular weight excluding hydrogens is 284 g/mol. The summed E-state index contributed by atoms with van der Waals surface area (Å²) in [6, 6.07) is 6.14. The summed E-state index contributed by atoms with van der Waals surface area (Å²) in [5.41, 5.74) is 1.22. The van der Waals surface area contributed by atoms with Gasteiger partial charge in [-0.05, 0) is 50.3 Å². The summed E-state index contributed by atoms with van der Waals surface area (Å²) in [7, 11) is -0.350. The van der Waals surface area contributed by atoms with Crippen LogP contribution in [0.25, 0.3) is 0 Å². The number of ether oxygens (including phenoxy) is 1. The van der Waals surface area contributed by atoms with Crippen LogP contribution in [0.4, 0.5) is 0 Å². The molecule has 0 spiro atoms. The number of aryl methyl sites for hydroxylation is 1. The van der Waals surface area contributed by atoms with E-state index in [4.69, 9.17) is 13.6 Å². The van der Waals surface area contributed by atoms with E-state index in [-0.39, 0.29) is 0 Å². The summed E-state index contributed by atoms with van der Waals surface area (Å²) >= 11 is 0. The molecule has 0 aliphatic rings. The van der Waals surface area contributed by atoms with Crippen molar-refractivity contribution in [1.82, 2.24) is 0 Å². The minimum Gasteiger partial charge on any atom is -0.553 e. The van der Waals surface area contributed by atoms with Crippen molar-refractivity contribution < 1.29 is 13.6 Å². The fraction of sp³-hybridized carbons (Fsp3) is 0.467. The Balaban J connectivity index is 2.74. The van der Waals surface area contributed by atoms with Gasteiger partial charge in [0.25, 0.3) is 0 Å². The van der Waals surface area contributed by atoms with Crippen LogP contribution >= 0.6 is 0 Å². The van der Waals surface area contributed by atoms with Crippen molar-refractivity contribution in [2.45, 2.75) is 39.0 Å². The van der Waals surface area contributed by atoms with Crippen molar-refractivity contribution in [2.75, 3.05) is 7.11 Å². The molecular formula is C15H26O3Si2. The second-order valence-corrected chi connectivity index (χ2v) is 11.0. The number of methoxy groups -OCH3 is 1. The first-order chi connectivity index (χ1) is 9.35. The second-order valence-electron chi connectivity index (χ2n) is 5.67. The molecule has 0 atom stereocenters. The fourth-order valence-corrected chi connectivity index (χ4v) is 3.22. The van der Waals surface area contributed by atoms with Gasteiger partial charge >= 0.3 is 0 Å². The third-order valence-electron chi connectivity index (χ3n) is 2.69. The van der Waals surface area contributed by atoms with Crippen molar-refractivity contribution in [3.05, 3.63) is 36.1 Å². The quantitative estimate of drug-likeness (QED) is 0.543. The summed E-state index contributed by atoms with van der Waals surface area (Å²) in [6.07, 6.45) is 1.77. The molecule has 0 bridgehead atoms. The van der Waals surface area contributed by atoms with Crippen LogP contribution in [-0.2, 0) is 10.8 Å². The van der Waals surface area contributed by atoms with Crippen molar-refractivity contribution in [2.24, 2.45) is 0 Å². The molecule has 20 heavy (non-hydrogen) atoms. The van der Waals surface area contributed by atoms with Gasteiger partial charge in [0.1, 0.15) is 5.75 Å². The fourth-order valence-electron chi connectivity index (χ4n) is 1.84. The molecule has 0 unspecified atom stereocenters. The summed E-state index contributed by atoms with van der Waals surface area (Å²) in [5, 5.41) is 0. The molecule has 1 aromatic rings. The highest BCUT2D eigenvalue weighted by Gasteiger charge is 2.18. The standard InChI is InChI=1S/C15H26O3Si2/c1-12(17-19-3)7-8-13-9-10-14(15(11-13)16-2)18-20(4,5)6/h9-11H,1,7-8,19H2,2-6H3. The van der Waals surface area contributed by atoms with Gasteiger partial charge in [-0.1, -0.05) is 12.6 Å². The van der Waals surface area contributed by atoms with Crippen molar-refractivity contribution in [3.8, 4) is 11.5 Å². The second kappa shape index (κ2) is 7.54. The van der Waals surface area contributed by atoms with Gasteiger partial charge in [-0.3, -0.25) is 0 Å². The molecule has 1 rings (SSSR count). The van der Waals surface area contributed by atoms with Crippen molar-refractivity contribution in [1.29, 1.82) is 0 Å². The molecule has 0 saturated carbocycles. The Kier molecular flexibility index (Phi) is 6.35. The Morgan fingerprint density at radius 2 is 1.95 bits per heavy atom. The topological polar surface area (TPSA) is 27.7 Å². The van der Waals surface area contributed by atoms with Crippen LogP contribution < -0.4 is 9.16 Å². The van der Waals surface area contributed by atoms with E-state index >= 15 is 0 Å². The normalized spacial score (nSPS) is 11.7. The summed E-state index contributed by atoms with van der Waals surface area (Å²) in [6.45, 7) is 12.5. The number of rotatable bonds is 8. The van der Waals surface area contributed by atoms with Gasteiger partial charge in [0.2, 0.25) is 18.1 Å². The van der Waals surface area contributed by atoms with Crippen LogP contribution in [0.3, 0.4) is 0 Å². The smallest absolute Gasteiger partial charge is 0.242 e. The van der Waals surface area contributed by atoms with E-state index in [1.54, 1.807) is 7.11 Å². The largest absolute Gasteiger partial charge is 0.553 e. The summed E-state index contributed by atoms with van der Waals surface area (Å²) in [5.74, 6) is 2.54. The first-order valence-electron chi connectivity index (χ1n) is 7.02. The Labute approximate surface area is 126 Å². The molecule has 3 nitrogen and oxygen atoms in total. The highest BCUT2D eigenvalue weighted by Crippen LogP contribution is 2.30. The highest BCUT2D eigenvalue weighted by molar-refractivity contribution is 6.70. The van der Waals surface area contributed by atoms with Gasteiger partial charge in [-0.25, -0.2) is 0 Å². The van der Waals surface area contributed by atoms with E-state index in [1.165, 1.54) is 5.56 Å². The zero-order valence-corrected chi connectivity index (χ0v) is 15.7. The maximum Gasteiger partial charge on any atom is 0.242 e. The number of hydrogen-bond donors (Lipinski definition) is 0. The van der Waals surface area contributed by atoms with Crippen LogP contribution in [0, 0.1) is 0 Å². The van der Waals surface area contributed by atoms with E-state index in [0.29, 0.717) is 0 Å². The molecule has 0 aliphatic heterocycles. The SMILES string of the molecule is C=C(CCc1ccc(O[Si](C)(C)C)c(OC)c1)O[SiH2]C. The van der Waals surface area contributed by atoms with Gasteiger partial charge in [-0.2, -0.15) is 0 Å². The number of allylic oxidation sites excluding steroid dienone is 1. The maximum absolute atomic E-state index is 6.02. The Morgan fingerprint density at radius 3 is 2.50 bits per heavy atom. The van der Waals surface area contributed by atoms with E-state index < -0.39 is 18.1 Å². The molecule has 0 aromatic heterocycles. The molecule has 5 heteroatoms. The van der Waals surface area contributed by atoms with Gasteiger partial charge in [-0.15, -0.1) is 0 Å². The number of benzene rings is 1. The highest BCUT2D eigenvalue weighted by atomic mass is 28.4. The lowest BCUT2D eigenvalue weighted by Crippen LogP contribution is -2.29. The van der Waals surface area contributed by atoms with Gasteiger partial charge < -0.3 is 13.6 Å². The third-order valence-corrected chi connectivity index (χ3v) is 4.21. The minimum atomic E-state index is -1.62. The molecule has 0 saturated heterocycles. The monoisotopic (exact) mass is 310 g/mol. The predicted octanol–water partition coefficient (Wildman–Crippen LogP) is 3.50. The van der Waals surface area contributed by atoms with Gasteiger partial charge in [0.15, 0.2) is 5.75 Å². The molecule has 0 radical (unpaired) electrons. The van der Waals surface area contributed by atoms with E-state index in [1.807, 2.05) is 12.1 Å². The van der Waals surface area contributed by atoms with Crippen LogP contribution in [0.2, 0.25) is 26.2 Å². The maximum atomic E-state index is 6.02. The lowest BCUT2D eigenvalue weighted by Gasteiger charge is -2.21. The molecule has 0 heterocycles. The Morgan fingerprint density at radius 1 is 1.25 bits per heavy atom. The van der Waals surface area contributed by atoms with E-state index in [2.05, 4.69) is 38.8 Å². The summed E-state index contributed by atoms with van der Waals surface area (Å²) in [4.78, 5) is 0. The average Bonchev–Trinajstić information content (AvgIpc) is 2.36. The zero-order chi connectivity index (χ0) is 15.2. The lowest BCUT2D eigenvalue weighted by atomic mass is 10.1. The van der Waals surface area contributed by atoms with Crippen molar-refractivity contribution >= 4 is 18.1 Å². The third kappa shape index (κ3) is 5.84. The van der Waals surface area contributed by atoms with Crippen LogP contribution in [0.1, 0.15) is 12.0 Å². The molecule has 0 aliphatic carbocycles. The van der Waals surface area contributed by atoms with Gasteiger partial charge in [0.05, 0.1) is 12.9 Å². The summed E-state index contributed by atoms with van der Waals surface area (Å²) < 4.78 is 17.0. The molecule has 112 valence electrons. The lowest BCUT2D eigenvalue weighted by molar-refractivity contribution is 0.391. The molecule has 1 aromatic carbocycles. The predicted molar refractivity (Wildman–Crippen MR) is 89.9 cm³/mol. The van der Waals surface area contributed by atoms with Crippen molar-refractivity contribution in [3.63, 3.8) is 0 Å². The Bertz CT molecular complexity index is 453.